The van der Waals surface area contributed by atoms with Gasteiger partial charge < -0.3 is 14.8 Å². The largest absolute Gasteiger partial charge is 0.484 e. The van der Waals surface area contributed by atoms with Crippen molar-refractivity contribution in [1.29, 1.82) is 0 Å². The van der Waals surface area contributed by atoms with Gasteiger partial charge in [0, 0.05) is 6.07 Å². The minimum absolute atomic E-state index is 0.00617. The highest BCUT2D eigenvalue weighted by Crippen LogP contribution is 2.17. The average Bonchev–Trinajstić information content (AvgIpc) is 2.60. The average molecular weight is 331 g/mol. The molecule has 24 heavy (non-hydrogen) atoms. The van der Waals surface area contributed by atoms with Crippen molar-refractivity contribution in [2.75, 3.05) is 13.7 Å². The molecule has 2 aromatic carbocycles. The van der Waals surface area contributed by atoms with Crippen molar-refractivity contribution >= 4 is 11.9 Å². The van der Waals surface area contributed by atoms with Gasteiger partial charge in [-0.2, -0.15) is 0 Å². The van der Waals surface area contributed by atoms with Crippen LogP contribution in [0, 0.1) is 5.82 Å². The molecule has 0 unspecified atom stereocenters. The second-order valence-electron chi connectivity index (χ2n) is 5.06. The molecule has 0 saturated heterocycles. The molecular weight excluding hydrogens is 313 g/mol. The SMILES string of the molecule is COC(=O)C[C@@H](NC(=O)COc1cccc(F)c1)c1ccccc1. The molecule has 0 aliphatic rings. The van der Waals surface area contributed by atoms with E-state index in [9.17, 15) is 14.0 Å². The predicted molar refractivity (Wildman–Crippen MR) is 85.9 cm³/mol. The third-order valence-corrected chi connectivity index (χ3v) is 3.30. The number of benzene rings is 2. The van der Waals surface area contributed by atoms with Crippen molar-refractivity contribution in [3.05, 3.63) is 66.0 Å². The number of methoxy groups -OCH3 is 1. The summed E-state index contributed by atoms with van der Waals surface area (Å²) in [6.45, 7) is -0.284. The van der Waals surface area contributed by atoms with Crippen molar-refractivity contribution in [3.63, 3.8) is 0 Å². The fourth-order valence-electron chi connectivity index (χ4n) is 2.13. The first-order valence-corrected chi connectivity index (χ1v) is 7.38. The smallest absolute Gasteiger partial charge is 0.307 e. The van der Waals surface area contributed by atoms with E-state index in [4.69, 9.17) is 4.74 Å². The maximum atomic E-state index is 13.1. The van der Waals surface area contributed by atoms with Crippen LogP contribution in [-0.2, 0) is 14.3 Å². The predicted octanol–water partition coefficient (Wildman–Crippen LogP) is 2.63. The summed E-state index contributed by atoms with van der Waals surface area (Å²) in [6, 6.07) is 14.1. The summed E-state index contributed by atoms with van der Waals surface area (Å²) in [5.41, 5.74) is 0.780. The number of nitrogens with one attached hydrogen (secondary N) is 1. The fourth-order valence-corrected chi connectivity index (χ4v) is 2.13. The number of carbonyl (C=O) groups excluding carboxylic acids is 2. The van der Waals surface area contributed by atoms with Gasteiger partial charge in [0.25, 0.3) is 5.91 Å². The van der Waals surface area contributed by atoms with Gasteiger partial charge in [0.15, 0.2) is 6.61 Å². The zero-order valence-electron chi connectivity index (χ0n) is 13.2. The van der Waals surface area contributed by atoms with E-state index in [-0.39, 0.29) is 18.8 Å². The van der Waals surface area contributed by atoms with Gasteiger partial charge in [-0.05, 0) is 17.7 Å². The van der Waals surface area contributed by atoms with Crippen molar-refractivity contribution in [2.45, 2.75) is 12.5 Å². The van der Waals surface area contributed by atoms with Crippen molar-refractivity contribution in [3.8, 4) is 5.75 Å². The van der Waals surface area contributed by atoms with E-state index in [1.54, 1.807) is 18.2 Å². The zero-order valence-corrected chi connectivity index (χ0v) is 13.2. The number of rotatable bonds is 7. The molecule has 126 valence electrons. The van der Waals surface area contributed by atoms with E-state index in [2.05, 4.69) is 10.1 Å². The molecule has 1 atom stereocenters. The number of hydrogen-bond acceptors (Lipinski definition) is 4. The van der Waals surface area contributed by atoms with E-state index in [1.165, 1.54) is 25.3 Å². The van der Waals surface area contributed by atoms with Gasteiger partial charge in [-0.15, -0.1) is 0 Å². The lowest BCUT2D eigenvalue weighted by Gasteiger charge is -2.18. The molecule has 0 heterocycles. The van der Waals surface area contributed by atoms with Crippen LogP contribution in [-0.4, -0.2) is 25.6 Å². The van der Waals surface area contributed by atoms with Crippen LogP contribution in [0.2, 0.25) is 0 Å². The summed E-state index contributed by atoms with van der Waals surface area (Å²) in [7, 11) is 1.29. The van der Waals surface area contributed by atoms with Crippen LogP contribution in [0.15, 0.2) is 54.6 Å². The normalized spacial score (nSPS) is 11.4. The third-order valence-electron chi connectivity index (χ3n) is 3.30. The Morgan fingerprint density at radius 2 is 1.88 bits per heavy atom. The maximum Gasteiger partial charge on any atom is 0.307 e. The summed E-state index contributed by atoms with van der Waals surface area (Å²) in [6.07, 6.45) is 0.00617. The van der Waals surface area contributed by atoms with Gasteiger partial charge in [-0.25, -0.2) is 4.39 Å². The second-order valence-corrected chi connectivity index (χ2v) is 5.06. The Bertz CT molecular complexity index is 690. The number of halogens is 1. The van der Waals surface area contributed by atoms with Gasteiger partial charge in [0.1, 0.15) is 11.6 Å². The molecular formula is C18H18FNO4. The Morgan fingerprint density at radius 1 is 1.12 bits per heavy atom. The number of esters is 1. The molecule has 0 radical (unpaired) electrons. The van der Waals surface area contributed by atoms with Crippen LogP contribution in [0.25, 0.3) is 0 Å². The maximum absolute atomic E-state index is 13.1. The summed E-state index contributed by atoms with van der Waals surface area (Å²) < 4.78 is 23.0. The molecule has 0 aliphatic carbocycles. The minimum atomic E-state index is -0.526. The van der Waals surface area contributed by atoms with Crippen LogP contribution in [0.3, 0.4) is 0 Å². The van der Waals surface area contributed by atoms with E-state index >= 15 is 0 Å². The topological polar surface area (TPSA) is 64.6 Å². The summed E-state index contributed by atoms with van der Waals surface area (Å²) >= 11 is 0. The molecule has 6 heteroatoms. The lowest BCUT2D eigenvalue weighted by Crippen LogP contribution is -2.34. The number of amides is 1. The Labute approximate surface area is 139 Å². The fraction of sp³-hybridized carbons (Fsp3) is 0.222. The molecule has 2 aromatic rings. The first-order valence-electron chi connectivity index (χ1n) is 7.38. The van der Waals surface area contributed by atoms with Crippen LogP contribution in [0.4, 0.5) is 4.39 Å². The quantitative estimate of drug-likeness (QED) is 0.792. The molecule has 0 aromatic heterocycles. The standard InChI is InChI=1S/C18H18FNO4/c1-23-18(22)11-16(13-6-3-2-4-7-13)20-17(21)12-24-15-9-5-8-14(19)10-15/h2-10,16H,11-12H2,1H3,(H,20,21)/t16-/m1/s1. The highest BCUT2D eigenvalue weighted by Gasteiger charge is 2.19. The Hall–Kier alpha value is -2.89. The van der Waals surface area contributed by atoms with Gasteiger partial charge in [0.05, 0.1) is 19.6 Å². The Kier molecular flexibility index (Phi) is 6.31. The molecule has 0 fully saturated rings. The number of carbonyl (C=O) groups is 2. The molecule has 0 aliphatic heterocycles. The molecule has 2 rings (SSSR count). The van der Waals surface area contributed by atoms with Crippen molar-refractivity contribution < 1.29 is 23.5 Å². The van der Waals surface area contributed by atoms with E-state index in [1.807, 2.05) is 18.2 Å². The summed E-state index contributed by atoms with van der Waals surface area (Å²) in [5.74, 6) is -1.04. The van der Waals surface area contributed by atoms with Gasteiger partial charge in [0.2, 0.25) is 0 Å². The highest BCUT2D eigenvalue weighted by molar-refractivity contribution is 5.79. The van der Waals surface area contributed by atoms with E-state index < -0.39 is 23.7 Å². The van der Waals surface area contributed by atoms with Gasteiger partial charge >= 0.3 is 5.97 Å². The first-order chi connectivity index (χ1) is 11.6. The molecule has 1 N–H and O–H groups in total. The Balaban J connectivity index is 1.97. The third kappa shape index (κ3) is 5.39. The van der Waals surface area contributed by atoms with Crippen LogP contribution < -0.4 is 10.1 Å². The summed E-state index contributed by atoms with van der Waals surface area (Å²) in [4.78, 5) is 23.6. The van der Waals surface area contributed by atoms with Crippen LogP contribution in [0.1, 0.15) is 18.0 Å². The number of hydrogen-bond donors (Lipinski definition) is 1. The highest BCUT2D eigenvalue weighted by atomic mass is 19.1. The van der Waals surface area contributed by atoms with E-state index in [0.29, 0.717) is 0 Å². The second kappa shape index (κ2) is 8.67. The molecule has 0 spiro atoms. The van der Waals surface area contributed by atoms with Crippen LogP contribution >= 0.6 is 0 Å². The minimum Gasteiger partial charge on any atom is -0.484 e. The van der Waals surface area contributed by atoms with Crippen molar-refractivity contribution in [2.24, 2.45) is 0 Å². The molecule has 1 amide bonds. The zero-order chi connectivity index (χ0) is 17.4. The molecule has 0 bridgehead atoms. The van der Waals surface area contributed by atoms with Crippen molar-refractivity contribution in [1.82, 2.24) is 5.32 Å². The molecule has 0 saturated carbocycles. The lowest BCUT2D eigenvalue weighted by atomic mass is 10.0. The monoisotopic (exact) mass is 331 g/mol. The van der Waals surface area contributed by atoms with Gasteiger partial charge in [-0.1, -0.05) is 36.4 Å². The molecule has 5 nitrogen and oxygen atoms in total. The number of ether oxygens (including phenoxy) is 2. The Morgan fingerprint density at radius 3 is 2.54 bits per heavy atom. The van der Waals surface area contributed by atoms with Crippen LogP contribution in [0.5, 0.6) is 5.75 Å². The summed E-state index contributed by atoms with van der Waals surface area (Å²) in [5, 5.41) is 2.72. The lowest BCUT2D eigenvalue weighted by molar-refractivity contribution is -0.141. The first kappa shape index (κ1) is 17.5. The van der Waals surface area contributed by atoms with Gasteiger partial charge in [-0.3, -0.25) is 9.59 Å². The van der Waals surface area contributed by atoms with E-state index in [0.717, 1.165) is 5.56 Å².